The Morgan fingerprint density at radius 2 is 2.13 bits per heavy atom. The molecule has 1 amide bonds. The van der Waals surface area contributed by atoms with Crippen LogP contribution < -0.4 is 0 Å². The number of carbonyl (C=O) groups is 1. The summed E-state index contributed by atoms with van der Waals surface area (Å²) in [6.45, 7) is 1.37. The van der Waals surface area contributed by atoms with Gasteiger partial charge in [-0.25, -0.2) is 0 Å². The third-order valence-electron chi connectivity index (χ3n) is 5.01. The summed E-state index contributed by atoms with van der Waals surface area (Å²) in [7, 11) is 0. The molecular weight excluding hydrogens is 294 g/mol. The molecule has 0 N–H and O–H groups in total. The minimum absolute atomic E-state index is 0.154. The Morgan fingerprint density at radius 3 is 2.87 bits per heavy atom. The van der Waals surface area contributed by atoms with Gasteiger partial charge in [0.1, 0.15) is 0 Å². The molecule has 1 aliphatic heterocycles. The second kappa shape index (κ2) is 6.18. The normalized spacial score (nSPS) is 19.2. The second-order valence-corrected chi connectivity index (χ2v) is 6.62. The van der Waals surface area contributed by atoms with Crippen LogP contribution in [-0.4, -0.2) is 34.0 Å². The zero-order valence-electron chi connectivity index (χ0n) is 13.1. The van der Waals surface area contributed by atoms with Crippen LogP contribution in [0.5, 0.6) is 0 Å². The summed E-state index contributed by atoms with van der Waals surface area (Å²) in [6.07, 6.45) is 8.57. The molecular formula is C17H21N3O3. The first-order chi connectivity index (χ1) is 11.3. The van der Waals surface area contributed by atoms with Crippen molar-refractivity contribution in [3.63, 3.8) is 0 Å². The molecule has 23 heavy (non-hydrogen) atoms. The SMILES string of the molecule is O=C(CCC1CCCC1)N1CC(c2nc(-c3ccco3)no2)C1. The van der Waals surface area contributed by atoms with E-state index in [4.69, 9.17) is 8.94 Å². The third kappa shape index (κ3) is 3.02. The average Bonchev–Trinajstić information content (AvgIpc) is 3.24. The first-order valence-corrected chi connectivity index (χ1v) is 8.45. The number of furan rings is 1. The van der Waals surface area contributed by atoms with Crippen LogP contribution in [0.15, 0.2) is 27.3 Å². The van der Waals surface area contributed by atoms with Gasteiger partial charge in [-0.05, 0) is 24.5 Å². The Labute approximate surface area is 134 Å². The van der Waals surface area contributed by atoms with Crippen molar-refractivity contribution in [2.45, 2.75) is 44.4 Å². The summed E-state index contributed by atoms with van der Waals surface area (Å²) in [5.41, 5.74) is 0. The highest BCUT2D eigenvalue weighted by molar-refractivity contribution is 5.77. The van der Waals surface area contributed by atoms with Crippen LogP contribution in [0.1, 0.15) is 50.3 Å². The van der Waals surface area contributed by atoms with Gasteiger partial charge in [0, 0.05) is 19.5 Å². The van der Waals surface area contributed by atoms with Gasteiger partial charge in [-0.2, -0.15) is 4.98 Å². The van der Waals surface area contributed by atoms with Crippen molar-refractivity contribution in [3.8, 4) is 11.6 Å². The van der Waals surface area contributed by atoms with E-state index in [-0.39, 0.29) is 11.8 Å². The monoisotopic (exact) mass is 315 g/mol. The Kier molecular flexibility index (Phi) is 3.89. The van der Waals surface area contributed by atoms with Crippen LogP contribution in [-0.2, 0) is 4.79 Å². The predicted octanol–water partition coefficient (Wildman–Crippen LogP) is 3.23. The van der Waals surface area contributed by atoms with Crippen molar-refractivity contribution >= 4 is 5.91 Å². The van der Waals surface area contributed by atoms with Crippen molar-refractivity contribution in [3.05, 3.63) is 24.3 Å². The lowest BCUT2D eigenvalue weighted by atomic mass is 9.97. The fourth-order valence-corrected chi connectivity index (χ4v) is 3.53. The predicted molar refractivity (Wildman–Crippen MR) is 82.5 cm³/mol. The lowest BCUT2D eigenvalue weighted by molar-refractivity contribution is -0.136. The van der Waals surface area contributed by atoms with Crippen LogP contribution in [0.3, 0.4) is 0 Å². The molecule has 6 heteroatoms. The van der Waals surface area contributed by atoms with Gasteiger partial charge >= 0.3 is 0 Å². The molecule has 0 unspecified atom stereocenters. The number of hydrogen-bond donors (Lipinski definition) is 0. The van der Waals surface area contributed by atoms with E-state index in [1.54, 1.807) is 18.4 Å². The highest BCUT2D eigenvalue weighted by Gasteiger charge is 2.35. The van der Waals surface area contributed by atoms with E-state index in [9.17, 15) is 4.79 Å². The van der Waals surface area contributed by atoms with E-state index in [0.717, 1.165) is 12.3 Å². The summed E-state index contributed by atoms with van der Waals surface area (Å²) in [6, 6.07) is 3.59. The van der Waals surface area contributed by atoms with E-state index in [2.05, 4.69) is 10.1 Å². The Balaban J connectivity index is 1.27. The van der Waals surface area contributed by atoms with Crippen LogP contribution in [0.2, 0.25) is 0 Å². The van der Waals surface area contributed by atoms with Crippen molar-refractivity contribution in [2.75, 3.05) is 13.1 Å². The molecule has 122 valence electrons. The van der Waals surface area contributed by atoms with Gasteiger partial charge in [-0.15, -0.1) is 0 Å². The molecule has 1 aliphatic carbocycles. The van der Waals surface area contributed by atoms with Crippen LogP contribution in [0, 0.1) is 5.92 Å². The topological polar surface area (TPSA) is 72.4 Å². The number of aromatic nitrogens is 2. The molecule has 0 bridgehead atoms. The Hall–Kier alpha value is -2.11. The summed E-state index contributed by atoms with van der Waals surface area (Å²) in [4.78, 5) is 18.5. The number of amides is 1. The van der Waals surface area contributed by atoms with Gasteiger partial charge in [0.2, 0.25) is 17.6 Å². The van der Waals surface area contributed by atoms with Crippen molar-refractivity contribution in [1.82, 2.24) is 15.0 Å². The van der Waals surface area contributed by atoms with E-state index >= 15 is 0 Å². The van der Waals surface area contributed by atoms with Gasteiger partial charge < -0.3 is 13.8 Å². The largest absolute Gasteiger partial charge is 0.461 e. The smallest absolute Gasteiger partial charge is 0.238 e. The lowest BCUT2D eigenvalue weighted by Gasteiger charge is -2.37. The molecule has 0 aromatic carbocycles. The maximum Gasteiger partial charge on any atom is 0.238 e. The molecule has 3 heterocycles. The molecule has 0 spiro atoms. The minimum Gasteiger partial charge on any atom is -0.461 e. The highest BCUT2D eigenvalue weighted by Crippen LogP contribution is 2.31. The average molecular weight is 315 g/mol. The fourth-order valence-electron chi connectivity index (χ4n) is 3.53. The van der Waals surface area contributed by atoms with E-state index < -0.39 is 0 Å². The molecule has 0 atom stereocenters. The van der Waals surface area contributed by atoms with E-state index in [1.807, 2.05) is 4.90 Å². The van der Waals surface area contributed by atoms with Gasteiger partial charge in [0.05, 0.1) is 12.2 Å². The van der Waals surface area contributed by atoms with Crippen molar-refractivity contribution in [2.24, 2.45) is 5.92 Å². The van der Waals surface area contributed by atoms with Gasteiger partial charge in [-0.1, -0.05) is 30.8 Å². The first kappa shape index (κ1) is 14.5. The maximum atomic E-state index is 12.2. The van der Waals surface area contributed by atoms with E-state index in [0.29, 0.717) is 37.0 Å². The van der Waals surface area contributed by atoms with Gasteiger partial charge in [0.15, 0.2) is 5.76 Å². The maximum absolute atomic E-state index is 12.2. The standard InChI is InChI=1S/C17H21N3O3/c21-15(8-7-12-4-1-2-5-12)20-10-13(11-20)17-18-16(19-23-17)14-6-3-9-22-14/h3,6,9,12-13H,1-2,4-5,7-8,10-11H2. The van der Waals surface area contributed by atoms with Crippen molar-refractivity contribution < 1.29 is 13.7 Å². The zero-order valence-corrected chi connectivity index (χ0v) is 13.1. The Morgan fingerprint density at radius 1 is 1.30 bits per heavy atom. The van der Waals surface area contributed by atoms with Crippen molar-refractivity contribution in [1.29, 1.82) is 0 Å². The van der Waals surface area contributed by atoms with Gasteiger partial charge in [0.25, 0.3) is 0 Å². The summed E-state index contributed by atoms with van der Waals surface area (Å²) >= 11 is 0. The second-order valence-electron chi connectivity index (χ2n) is 6.62. The Bertz CT molecular complexity index is 652. The molecule has 6 nitrogen and oxygen atoms in total. The summed E-state index contributed by atoms with van der Waals surface area (Å²) < 4.78 is 10.6. The van der Waals surface area contributed by atoms with E-state index in [1.165, 1.54) is 25.7 Å². The highest BCUT2D eigenvalue weighted by atomic mass is 16.5. The summed E-state index contributed by atoms with van der Waals surface area (Å²) in [5, 5.41) is 3.94. The van der Waals surface area contributed by atoms with Crippen LogP contribution >= 0.6 is 0 Å². The molecule has 2 aromatic heterocycles. The number of carbonyl (C=O) groups excluding carboxylic acids is 1. The third-order valence-corrected chi connectivity index (χ3v) is 5.01. The lowest BCUT2D eigenvalue weighted by Crippen LogP contribution is -2.48. The minimum atomic E-state index is 0.154. The quantitative estimate of drug-likeness (QED) is 0.847. The number of likely N-dealkylation sites (tertiary alicyclic amines) is 1. The number of rotatable bonds is 5. The summed E-state index contributed by atoms with van der Waals surface area (Å²) in [5.74, 6) is 2.85. The zero-order chi connectivity index (χ0) is 15.6. The molecule has 0 radical (unpaired) electrons. The molecule has 1 saturated heterocycles. The molecule has 2 aromatic rings. The van der Waals surface area contributed by atoms with Crippen LogP contribution in [0.4, 0.5) is 0 Å². The number of nitrogens with zero attached hydrogens (tertiary/aromatic N) is 3. The molecule has 2 fully saturated rings. The fraction of sp³-hybridized carbons (Fsp3) is 0.588. The first-order valence-electron chi connectivity index (χ1n) is 8.45. The molecule has 2 aliphatic rings. The van der Waals surface area contributed by atoms with Crippen LogP contribution in [0.25, 0.3) is 11.6 Å². The molecule has 4 rings (SSSR count). The molecule has 1 saturated carbocycles. The van der Waals surface area contributed by atoms with Gasteiger partial charge in [-0.3, -0.25) is 4.79 Å². The number of hydrogen-bond acceptors (Lipinski definition) is 5.